The summed E-state index contributed by atoms with van der Waals surface area (Å²) in [5, 5.41) is 17.0. The third-order valence-corrected chi connectivity index (χ3v) is 6.77. The molecular formula is C30H33ClN4O2. The van der Waals surface area contributed by atoms with Crippen LogP contribution in [0.25, 0.3) is 11.1 Å². The fraction of sp³-hybridized carbons (Fsp3) is 0.367. The number of rotatable bonds is 5. The summed E-state index contributed by atoms with van der Waals surface area (Å²) >= 11 is 6.54. The molecule has 0 bridgehead atoms. The standard InChI is InChI=1S/C30H33ClN4O2/c1-18-12-21(13-19(2)33-18)23-8-7-9-26(24(23)17-32)37-27-11-10-20(14-25(27)31)28(36)34-22-15-29(3,4)35-30(5,6)16-22/h7-14,22,35H,15-16H2,1-6H3,(H,34,36). The Bertz CT molecular complexity index is 1350. The second-order valence-corrected chi connectivity index (χ2v) is 11.6. The van der Waals surface area contributed by atoms with E-state index in [9.17, 15) is 10.1 Å². The molecule has 3 aromatic rings. The Kier molecular flexibility index (Phi) is 7.32. The van der Waals surface area contributed by atoms with Crippen molar-refractivity contribution in [3.63, 3.8) is 0 Å². The van der Waals surface area contributed by atoms with Crippen molar-refractivity contribution in [3.05, 3.63) is 76.1 Å². The van der Waals surface area contributed by atoms with E-state index < -0.39 is 0 Å². The zero-order chi connectivity index (χ0) is 27.0. The van der Waals surface area contributed by atoms with E-state index in [0.717, 1.165) is 35.4 Å². The van der Waals surface area contributed by atoms with Gasteiger partial charge in [-0.1, -0.05) is 23.7 Å². The predicted molar refractivity (Wildman–Crippen MR) is 147 cm³/mol. The van der Waals surface area contributed by atoms with Gasteiger partial charge in [0.05, 0.1) is 5.02 Å². The van der Waals surface area contributed by atoms with Crippen molar-refractivity contribution >= 4 is 17.5 Å². The van der Waals surface area contributed by atoms with Crippen LogP contribution in [0.1, 0.15) is 67.8 Å². The van der Waals surface area contributed by atoms with Crippen LogP contribution < -0.4 is 15.4 Å². The van der Waals surface area contributed by atoms with Crippen LogP contribution in [0.4, 0.5) is 0 Å². The molecule has 192 valence electrons. The summed E-state index contributed by atoms with van der Waals surface area (Å²) in [6.45, 7) is 12.4. The van der Waals surface area contributed by atoms with E-state index in [4.69, 9.17) is 16.3 Å². The van der Waals surface area contributed by atoms with Gasteiger partial charge in [-0.3, -0.25) is 9.78 Å². The van der Waals surface area contributed by atoms with E-state index in [1.165, 1.54) is 0 Å². The lowest BCUT2D eigenvalue weighted by molar-refractivity contribution is 0.0873. The molecule has 2 aromatic carbocycles. The Labute approximate surface area is 224 Å². The van der Waals surface area contributed by atoms with Gasteiger partial charge in [-0.25, -0.2) is 0 Å². The van der Waals surface area contributed by atoms with E-state index in [-0.39, 0.29) is 23.0 Å². The van der Waals surface area contributed by atoms with E-state index in [2.05, 4.69) is 49.4 Å². The Balaban J connectivity index is 1.55. The molecule has 0 spiro atoms. The average molecular weight is 517 g/mol. The minimum Gasteiger partial charge on any atom is -0.454 e. The molecule has 2 heterocycles. The summed E-state index contributed by atoms with van der Waals surface area (Å²) in [7, 11) is 0. The molecule has 0 atom stereocenters. The van der Waals surface area contributed by atoms with Gasteiger partial charge in [0.1, 0.15) is 23.1 Å². The number of nitrogens with zero attached hydrogens (tertiary/aromatic N) is 2. The molecule has 1 saturated heterocycles. The number of ether oxygens (including phenoxy) is 1. The Morgan fingerprint density at radius 2 is 1.70 bits per heavy atom. The number of aryl methyl sites for hydroxylation is 2. The van der Waals surface area contributed by atoms with Crippen LogP contribution in [-0.4, -0.2) is 28.0 Å². The molecule has 6 nitrogen and oxygen atoms in total. The van der Waals surface area contributed by atoms with Gasteiger partial charge < -0.3 is 15.4 Å². The summed E-state index contributed by atoms with van der Waals surface area (Å²) in [5.41, 5.74) is 4.12. The van der Waals surface area contributed by atoms with Gasteiger partial charge in [0.15, 0.2) is 0 Å². The maximum absolute atomic E-state index is 13.0. The van der Waals surface area contributed by atoms with Crippen molar-refractivity contribution in [1.29, 1.82) is 5.26 Å². The normalized spacial score (nSPS) is 16.6. The Morgan fingerprint density at radius 3 is 2.30 bits per heavy atom. The molecule has 0 radical (unpaired) electrons. The number of hydrogen-bond acceptors (Lipinski definition) is 5. The summed E-state index contributed by atoms with van der Waals surface area (Å²) < 4.78 is 6.08. The zero-order valence-electron chi connectivity index (χ0n) is 22.2. The predicted octanol–water partition coefficient (Wildman–Crippen LogP) is 6.72. The minimum atomic E-state index is -0.171. The van der Waals surface area contributed by atoms with Crippen molar-refractivity contribution in [2.75, 3.05) is 0 Å². The van der Waals surface area contributed by atoms with E-state index >= 15 is 0 Å². The van der Waals surface area contributed by atoms with E-state index in [0.29, 0.717) is 27.6 Å². The maximum atomic E-state index is 13.0. The monoisotopic (exact) mass is 516 g/mol. The second kappa shape index (κ2) is 10.2. The van der Waals surface area contributed by atoms with Crippen molar-refractivity contribution in [2.45, 2.75) is 71.5 Å². The maximum Gasteiger partial charge on any atom is 0.251 e. The van der Waals surface area contributed by atoms with Gasteiger partial charge in [-0.2, -0.15) is 5.26 Å². The van der Waals surface area contributed by atoms with Crippen LogP contribution in [0.5, 0.6) is 11.5 Å². The van der Waals surface area contributed by atoms with Gasteiger partial charge in [0.2, 0.25) is 0 Å². The van der Waals surface area contributed by atoms with Crippen LogP contribution in [0, 0.1) is 25.2 Å². The highest BCUT2D eigenvalue weighted by Gasteiger charge is 2.38. The number of piperidine rings is 1. The summed E-state index contributed by atoms with van der Waals surface area (Å²) in [5.74, 6) is 0.596. The molecule has 1 aromatic heterocycles. The number of nitriles is 1. The summed E-state index contributed by atoms with van der Waals surface area (Å²) in [6, 6.07) is 16.6. The number of halogens is 1. The molecule has 0 aliphatic carbocycles. The molecule has 1 amide bonds. The first kappa shape index (κ1) is 26.7. The molecule has 0 unspecified atom stereocenters. The molecule has 1 aliphatic rings. The van der Waals surface area contributed by atoms with E-state index in [1.54, 1.807) is 24.3 Å². The highest BCUT2D eigenvalue weighted by Crippen LogP contribution is 2.36. The van der Waals surface area contributed by atoms with Crippen molar-refractivity contribution in [2.24, 2.45) is 0 Å². The van der Waals surface area contributed by atoms with Crippen molar-refractivity contribution in [3.8, 4) is 28.7 Å². The SMILES string of the molecule is Cc1cc(-c2cccc(Oc3ccc(C(=O)NC4CC(C)(C)NC(C)(C)C4)cc3Cl)c2C#N)cc(C)n1. The average Bonchev–Trinajstić information content (AvgIpc) is 2.77. The zero-order valence-corrected chi connectivity index (χ0v) is 23.0. The van der Waals surface area contributed by atoms with Crippen LogP contribution in [0.15, 0.2) is 48.5 Å². The molecule has 2 N–H and O–H groups in total. The number of benzene rings is 2. The lowest BCUT2D eigenvalue weighted by Crippen LogP contribution is -2.62. The molecular weight excluding hydrogens is 484 g/mol. The minimum absolute atomic E-state index is 0.0508. The topological polar surface area (TPSA) is 87.0 Å². The van der Waals surface area contributed by atoms with E-state index in [1.807, 2.05) is 38.1 Å². The van der Waals surface area contributed by atoms with Crippen LogP contribution in [-0.2, 0) is 0 Å². The molecule has 1 fully saturated rings. The smallest absolute Gasteiger partial charge is 0.251 e. The molecule has 0 saturated carbocycles. The molecule has 4 rings (SSSR count). The fourth-order valence-electron chi connectivity index (χ4n) is 5.50. The summed E-state index contributed by atoms with van der Waals surface area (Å²) in [4.78, 5) is 17.5. The number of hydrogen-bond donors (Lipinski definition) is 2. The highest BCUT2D eigenvalue weighted by atomic mass is 35.5. The fourth-order valence-corrected chi connectivity index (χ4v) is 5.72. The third kappa shape index (κ3) is 6.30. The molecule has 1 aliphatic heterocycles. The largest absolute Gasteiger partial charge is 0.454 e. The van der Waals surface area contributed by atoms with Gasteiger partial charge in [-0.15, -0.1) is 0 Å². The molecule has 37 heavy (non-hydrogen) atoms. The first-order valence-corrected chi connectivity index (χ1v) is 12.8. The van der Waals surface area contributed by atoms with Crippen molar-refractivity contribution < 1.29 is 9.53 Å². The third-order valence-electron chi connectivity index (χ3n) is 6.47. The summed E-state index contributed by atoms with van der Waals surface area (Å²) in [6.07, 6.45) is 1.67. The number of nitrogens with one attached hydrogen (secondary N) is 2. The lowest BCUT2D eigenvalue weighted by Gasteiger charge is -2.46. The molecule has 7 heteroatoms. The quantitative estimate of drug-likeness (QED) is 0.393. The number of amides is 1. The van der Waals surface area contributed by atoms with Gasteiger partial charge in [0, 0.05) is 39.6 Å². The van der Waals surface area contributed by atoms with Crippen LogP contribution in [0.3, 0.4) is 0 Å². The first-order chi connectivity index (χ1) is 17.4. The van der Waals surface area contributed by atoms with Crippen LogP contribution in [0.2, 0.25) is 5.02 Å². The van der Waals surface area contributed by atoms with Gasteiger partial charge >= 0.3 is 0 Å². The number of carbonyl (C=O) groups excluding carboxylic acids is 1. The number of aromatic nitrogens is 1. The second-order valence-electron chi connectivity index (χ2n) is 11.1. The van der Waals surface area contributed by atoms with Gasteiger partial charge in [0.25, 0.3) is 5.91 Å². The van der Waals surface area contributed by atoms with Crippen LogP contribution >= 0.6 is 11.6 Å². The lowest BCUT2D eigenvalue weighted by atomic mass is 9.79. The first-order valence-electron chi connectivity index (χ1n) is 12.4. The Hall–Kier alpha value is -3.40. The van der Waals surface area contributed by atoms with Crippen molar-refractivity contribution in [1.82, 2.24) is 15.6 Å². The number of pyridine rings is 1. The Morgan fingerprint density at radius 1 is 1.05 bits per heavy atom. The highest BCUT2D eigenvalue weighted by molar-refractivity contribution is 6.32. The van der Waals surface area contributed by atoms with Gasteiger partial charge in [-0.05, 0) is 96.3 Å². The number of carbonyl (C=O) groups is 1.